The minimum Gasteiger partial charge on any atom is -0.461 e. The second-order valence-electron chi connectivity index (χ2n) is 6.91. The van der Waals surface area contributed by atoms with Crippen molar-refractivity contribution in [2.24, 2.45) is 0 Å². The zero-order valence-corrected chi connectivity index (χ0v) is 15.4. The van der Waals surface area contributed by atoms with Gasteiger partial charge >= 0.3 is 6.03 Å². The molecule has 0 unspecified atom stereocenters. The maximum Gasteiger partial charge on any atom is 0.322 e. The number of pyridine rings is 1. The van der Waals surface area contributed by atoms with Gasteiger partial charge in [0.1, 0.15) is 11.3 Å². The summed E-state index contributed by atoms with van der Waals surface area (Å²) in [6.45, 7) is 3.77. The normalized spacial score (nSPS) is 16.6. The Hall–Kier alpha value is -2.86. The number of urea groups is 1. The Balaban J connectivity index is 1.50. The average Bonchev–Trinajstić information content (AvgIpc) is 3.30. The number of carbonyl (C=O) groups is 1. The van der Waals surface area contributed by atoms with Gasteiger partial charge in [0.2, 0.25) is 0 Å². The molecule has 2 amide bonds. The van der Waals surface area contributed by atoms with Crippen LogP contribution in [0, 0.1) is 6.92 Å². The number of benzene rings is 1. The van der Waals surface area contributed by atoms with E-state index in [0.29, 0.717) is 13.1 Å². The van der Waals surface area contributed by atoms with Gasteiger partial charge in [-0.25, -0.2) is 4.79 Å². The van der Waals surface area contributed by atoms with Crippen molar-refractivity contribution in [3.63, 3.8) is 0 Å². The van der Waals surface area contributed by atoms with E-state index in [2.05, 4.69) is 10.3 Å². The van der Waals surface area contributed by atoms with E-state index in [-0.39, 0.29) is 12.1 Å². The number of nitrogens with zero attached hydrogens (tertiary/aromatic N) is 2. The molecule has 1 aliphatic rings. The van der Waals surface area contributed by atoms with Crippen LogP contribution in [0.2, 0.25) is 0 Å². The largest absolute Gasteiger partial charge is 0.461 e. The molecule has 1 atom stereocenters. The quantitative estimate of drug-likeness (QED) is 0.730. The van der Waals surface area contributed by atoms with Crippen LogP contribution in [-0.2, 0) is 11.3 Å². The maximum atomic E-state index is 13.0. The molecule has 0 bridgehead atoms. The summed E-state index contributed by atoms with van der Waals surface area (Å²) in [5.41, 5.74) is 2.61. The molecule has 3 heterocycles. The highest BCUT2D eigenvalue weighted by atomic mass is 16.5. The van der Waals surface area contributed by atoms with E-state index in [1.165, 1.54) is 0 Å². The fraction of sp³-hybridized carbons (Fsp3) is 0.333. The predicted molar refractivity (Wildman–Crippen MR) is 104 cm³/mol. The molecule has 140 valence electrons. The Labute approximate surface area is 158 Å². The first-order valence-electron chi connectivity index (χ1n) is 9.24. The zero-order valence-electron chi connectivity index (χ0n) is 15.4. The van der Waals surface area contributed by atoms with Crippen molar-refractivity contribution in [2.45, 2.75) is 32.4 Å². The molecule has 4 rings (SSSR count). The highest BCUT2D eigenvalue weighted by Gasteiger charge is 2.23. The summed E-state index contributed by atoms with van der Waals surface area (Å²) in [7, 11) is 0. The topological polar surface area (TPSA) is 67.6 Å². The predicted octanol–water partition coefficient (Wildman–Crippen LogP) is 4.35. The van der Waals surface area contributed by atoms with E-state index in [9.17, 15) is 4.79 Å². The Morgan fingerprint density at radius 1 is 1.26 bits per heavy atom. The van der Waals surface area contributed by atoms with Gasteiger partial charge in [0.15, 0.2) is 0 Å². The first-order chi connectivity index (χ1) is 13.2. The van der Waals surface area contributed by atoms with E-state index in [1.807, 2.05) is 43.3 Å². The highest BCUT2D eigenvalue weighted by molar-refractivity contribution is 5.92. The zero-order chi connectivity index (χ0) is 18.6. The number of nitrogens with one attached hydrogen (secondary N) is 1. The third-order valence-corrected chi connectivity index (χ3v) is 4.75. The van der Waals surface area contributed by atoms with Gasteiger partial charge in [0.05, 0.1) is 6.10 Å². The second kappa shape index (κ2) is 7.80. The molecule has 0 spiro atoms. The molecule has 27 heavy (non-hydrogen) atoms. The Morgan fingerprint density at radius 3 is 2.89 bits per heavy atom. The van der Waals surface area contributed by atoms with Crippen molar-refractivity contribution in [2.75, 3.05) is 18.5 Å². The van der Waals surface area contributed by atoms with E-state index < -0.39 is 0 Å². The number of aromatic nitrogens is 1. The van der Waals surface area contributed by atoms with Gasteiger partial charge in [-0.2, -0.15) is 0 Å². The van der Waals surface area contributed by atoms with Crippen LogP contribution in [0.5, 0.6) is 0 Å². The number of ether oxygens (including phenoxy) is 1. The minimum atomic E-state index is -0.137. The summed E-state index contributed by atoms with van der Waals surface area (Å²) >= 11 is 0. The Bertz CT molecular complexity index is 917. The molecule has 3 aromatic rings. The van der Waals surface area contributed by atoms with Gasteiger partial charge in [-0.15, -0.1) is 0 Å². The van der Waals surface area contributed by atoms with Crippen LogP contribution in [0.25, 0.3) is 11.0 Å². The van der Waals surface area contributed by atoms with Gasteiger partial charge in [-0.1, -0.05) is 0 Å². The fourth-order valence-electron chi connectivity index (χ4n) is 3.42. The molecule has 0 radical (unpaired) electrons. The van der Waals surface area contributed by atoms with Crippen LogP contribution in [0.4, 0.5) is 10.5 Å². The molecule has 6 nitrogen and oxygen atoms in total. The van der Waals surface area contributed by atoms with Crippen molar-refractivity contribution < 1.29 is 13.9 Å². The smallest absolute Gasteiger partial charge is 0.322 e. The monoisotopic (exact) mass is 365 g/mol. The molecule has 1 saturated heterocycles. The summed E-state index contributed by atoms with van der Waals surface area (Å²) in [5.74, 6) is 0.853. The molecule has 1 N–H and O–H groups in total. The minimum absolute atomic E-state index is 0.0941. The van der Waals surface area contributed by atoms with Gasteiger partial charge in [-0.3, -0.25) is 4.98 Å². The number of amides is 2. The lowest BCUT2D eigenvalue weighted by Gasteiger charge is -2.26. The third kappa shape index (κ3) is 4.28. The van der Waals surface area contributed by atoms with E-state index >= 15 is 0 Å². The lowest BCUT2D eigenvalue weighted by atomic mass is 10.2. The first kappa shape index (κ1) is 17.5. The van der Waals surface area contributed by atoms with Gasteiger partial charge < -0.3 is 19.4 Å². The lowest BCUT2D eigenvalue weighted by Crippen LogP contribution is -2.39. The maximum absolute atomic E-state index is 13.0. The molecule has 1 aromatic carbocycles. The molecular weight excluding hydrogens is 342 g/mol. The van der Waals surface area contributed by atoms with Crippen molar-refractivity contribution in [3.8, 4) is 0 Å². The van der Waals surface area contributed by atoms with Crippen molar-refractivity contribution in [3.05, 3.63) is 60.1 Å². The third-order valence-electron chi connectivity index (χ3n) is 4.75. The lowest BCUT2D eigenvalue weighted by molar-refractivity contribution is 0.0819. The Kier molecular flexibility index (Phi) is 5.07. The number of carbonyl (C=O) groups excluding carboxylic acids is 1. The van der Waals surface area contributed by atoms with Crippen molar-refractivity contribution in [1.82, 2.24) is 9.88 Å². The summed E-state index contributed by atoms with van der Waals surface area (Å²) in [6.07, 6.45) is 5.61. The number of furan rings is 1. The van der Waals surface area contributed by atoms with Crippen LogP contribution >= 0.6 is 0 Å². The molecule has 0 aliphatic carbocycles. The van der Waals surface area contributed by atoms with Crippen LogP contribution in [0.3, 0.4) is 0 Å². The van der Waals surface area contributed by atoms with E-state index in [0.717, 1.165) is 47.4 Å². The number of hydrogen-bond acceptors (Lipinski definition) is 4. The van der Waals surface area contributed by atoms with Crippen molar-refractivity contribution >= 4 is 22.7 Å². The number of rotatable bonds is 5. The van der Waals surface area contributed by atoms with Crippen molar-refractivity contribution in [1.29, 1.82) is 0 Å². The SMILES string of the molecule is Cc1cc2cc(NC(=O)N(Cc3ccncc3)C[C@H]3CCCO3)ccc2o1. The van der Waals surface area contributed by atoms with Gasteiger partial charge in [0.25, 0.3) is 0 Å². The van der Waals surface area contributed by atoms with Crippen LogP contribution < -0.4 is 5.32 Å². The number of hydrogen-bond donors (Lipinski definition) is 1. The molecule has 6 heteroatoms. The first-order valence-corrected chi connectivity index (χ1v) is 9.24. The molecule has 1 aliphatic heterocycles. The van der Waals surface area contributed by atoms with Gasteiger partial charge in [-0.05, 0) is 61.7 Å². The summed E-state index contributed by atoms with van der Waals surface area (Å²) in [4.78, 5) is 18.8. The molecule has 1 fully saturated rings. The van der Waals surface area contributed by atoms with Gasteiger partial charge in [0, 0.05) is 43.2 Å². The number of aryl methyl sites for hydroxylation is 1. The van der Waals surface area contributed by atoms with E-state index in [4.69, 9.17) is 9.15 Å². The standard InChI is InChI=1S/C21H23N3O3/c1-15-11-17-12-18(4-5-20(17)27-15)23-21(25)24(14-19-3-2-10-26-19)13-16-6-8-22-9-7-16/h4-9,11-12,19H,2-3,10,13-14H2,1H3,(H,23,25)/t19-/m1/s1. The fourth-order valence-corrected chi connectivity index (χ4v) is 3.42. The van der Waals surface area contributed by atoms with Crippen LogP contribution in [0.1, 0.15) is 24.2 Å². The second-order valence-corrected chi connectivity index (χ2v) is 6.91. The van der Waals surface area contributed by atoms with Crippen LogP contribution in [-0.4, -0.2) is 35.2 Å². The molecular formula is C21H23N3O3. The van der Waals surface area contributed by atoms with E-state index in [1.54, 1.807) is 17.3 Å². The average molecular weight is 365 g/mol. The molecule has 2 aromatic heterocycles. The highest BCUT2D eigenvalue weighted by Crippen LogP contribution is 2.23. The summed E-state index contributed by atoms with van der Waals surface area (Å²) in [5, 5.41) is 3.99. The van der Waals surface area contributed by atoms with Crippen LogP contribution in [0.15, 0.2) is 53.2 Å². The number of anilines is 1. The summed E-state index contributed by atoms with van der Waals surface area (Å²) in [6, 6.07) is 11.4. The summed E-state index contributed by atoms with van der Waals surface area (Å²) < 4.78 is 11.3. The number of fused-ring (bicyclic) bond motifs is 1. The Morgan fingerprint density at radius 2 is 2.11 bits per heavy atom. The molecule has 0 saturated carbocycles.